The lowest BCUT2D eigenvalue weighted by Gasteiger charge is -2.42. The van der Waals surface area contributed by atoms with E-state index in [1.165, 1.54) is 25.7 Å². The predicted molar refractivity (Wildman–Crippen MR) is 71.1 cm³/mol. The van der Waals surface area contributed by atoms with Crippen molar-refractivity contribution in [2.75, 3.05) is 6.54 Å². The van der Waals surface area contributed by atoms with Gasteiger partial charge in [0, 0.05) is 12.6 Å². The summed E-state index contributed by atoms with van der Waals surface area (Å²) in [7, 11) is 0. The van der Waals surface area contributed by atoms with Gasteiger partial charge in [-0.1, -0.05) is 25.5 Å². The Morgan fingerprint density at radius 2 is 2.18 bits per heavy atom. The minimum absolute atomic E-state index is 0.311. The van der Waals surface area contributed by atoms with E-state index in [2.05, 4.69) is 25.2 Å². The molecular formula is C15H23NO. The van der Waals surface area contributed by atoms with Crippen LogP contribution >= 0.6 is 0 Å². The van der Waals surface area contributed by atoms with Crippen LogP contribution in [-0.4, -0.2) is 11.7 Å². The molecule has 0 heterocycles. The van der Waals surface area contributed by atoms with Crippen molar-refractivity contribution in [2.45, 2.75) is 45.6 Å². The summed E-state index contributed by atoms with van der Waals surface area (Å²) in [5.74, 6) is 0.352. The van der Waals surface area contributed by atoms with E-state index in [-0.39, 0.29) is 0 Å². The minimum Gasteiger partial charge on any atom is -0.508 e. The molecule has 1 unspecified atom stereocenters. The van der Waals surface area contributed by atoms with E-state index >= 15 is 0 Å². The van der Waals surface area contributed by atoms with Gasteiger partial charge < -0.3 is 10.4 Å². The van der Waals surface area contributed by atoms with E-state index in [0.717, 1.165) is 12.1 Å². The van der Waals surface area contributed by atoms with E-state index in [1.807, 2.05) is 12.1 Å². The van der Waals surface area contributed by atoms with Crippen molar-refractivity contribution in [3.8, 4) is 5.75 Å². The van der Waals surface area contributed by atoms with Gasteiger partial charge >= 0.3 is 0 Å². The Hall–Kier alpha value is -1.02. The molecular weight excluding hydrogens is 210 g/mol. The topological polar surface area (TPSA) is 32.3 Å². The van der Waals surface area contributed by atoms with E-state index in [0.29, 0.717) is 17.2 Å². The lowest BCUT2D eigenvalue weighted by atomic mass is 9.67. The molecule has 0 amide bonds. The fourth-order valence-corrected chi connectivity index (χ4v) is 2.61. The molecule has 1 aromatic carbocycles. The molecule has 0 radical (unpaired) electrons. The number of rotatable bonds is 5. The highest BCUT2D eigenvalue weighted by molar-refractivity contribution is 5.29. The molecule has 0 spiro atoms. The second-order valence-electron chi connectivity index (χ2n) is 5.40. The predicted octanol–water partition coefficient (Wildman–Crippen LogP) is 3.62. The average molecular weight is 233 g/mol. The fourth-order valence-electron chi connectivity index (χ4n) is 2.61. The lowest BCUT2D eigenvalue weighted by Crippen LogP contribution is -2.40. The maximum absolute atomic E-state index is 9.47. The van der Waals surface area contributed by atoms with Gasteiger partial charge in [0.1, 0.15) is 5.75 Å². The summed E-state index contributed by atoms with van der Waals surface area (Å²) in [5.41, 5.74) is 1.71. The standard InChI is InChI=1S/C15H23NO/c1-3-15(8-5-9-15)11-16-12(2)13-6-4-7-14(17)10-13/h4,6-7,10,12,16-17H,3,5,8-9,11H2,1-2H3. The molecule has 0 aromatic heterocycles. The Bertz CT molecular complexity index is 365. The number of phenolic OH excluding ortho intramolecular Hbond substituents is 1. The van der Waals surface area contributed by atoms with Gasteiger partial charge in [-0.3, -0.25) is 0 Å². The molecule has 0 saturated heterocycles. The number of nitrogens with one attached hydrogen (secondary N) is 1. The molecule has 1 aliphatic rings. The summed E-state index contributed by atoms with van der Waals surface area (Å²) in [4.78, 5) is 0. The van der Waals surface area contributed by atoms with Gasteiger partial charge in [-0.05, 0) is 49.3 Å². The monoisotopic (exact) mass is 233 g/mol. The number of benzene rings is 1. The smallest absolute Gasteiger partial charge is 0.115 e. The van der Waals surface area contributed by atoms with E-state index in [4.69, 9.17) is 0 Å². The van der Waals surface area contributed by atoms with Gasteiger partial charge in [0.05, 0.1) is 0 Å². The minimum atomic E-state index is 0.311. The molecule has 0 bridgehead atoms. The van der Waals surface area contributed by atoms with Crippen molar-refractivity contribution in [3.05, 3.63) is 29.8 Å². The summed E-state index contributed by atoms with van der Waals surface area (Å²) in [5, 5.41) is 13.1. The molecule has 1 saturated carbocycles. The summed E-state index contributed by atoms with van der Waals surface area (Å²) >= 11 is 0. The van der Waals surface area contributed by atoms with Crippen molar-refractivity contribution in [1.82, 2.24) is 5.32 Å². The first-order valence-corrected chi connectivity index (χ1v) is 6.67. The molecule has 1 fully saturated rings. The Labute approximate surface area is 104 Å². The molecule has 2 heteroatoms. The third kappa shape index (κ3) is 2.81. The Kier molecular flexibility index (Phi) is 3.72. The van der Waals surface area contributed by atoms with Crippen LogP contribution in [0.2, 0.25) is 0 Å². The second kappa shape index (κ2) is 5.09. The van der Waals surface area contributed by atoms with Crippen LogP contribution in [0, 0.1) is 5.41 Å². The Morgan fingerprint density at radius 1 is 1.41 bits per heavy atom. The van der Waals surface area contributed by atoms with Gasteiger partial charge in [0.25, 0.3) is 0 Å². The van der Waals surface area contributed by atoms with Crippen LogP contribution in [-0.2, 0) is 0 Å². The van der Waals surface area contributed by atoms with Crippen LogP contribution < -0.4 is 5.32 Å². The Morgan fingerprint density at radius 3 is 2.71 bits per heavy atom. The third-order valence-corrected chi connectivity index (χ3v) is 4.32. The third-order valence-electron chi connectivity index (χ3n) is 4.32. The summed E-state index contributed by atoms with van der Waals surface area (Å²) < 4.78 is 0. The van der Waals surface area contributed by atoms with Crippen LogP contribution in [0.15, 0.2) is 24.3 Å². The van der Waals surface area contributed by atoms with Crippen molar-refractivity contribution in [3.63, 3.8) is 0 Å². The van der Waals surface area contributed by atoms with Crippen LogP contribution in [0.3, 0.4) is 0 Å². The number of hydrogen-bond acceptors (Lipinski definition) is 2. The Balaban J connectivity index is 1.91. The van der Waals surface area contributed by atoms with Crippen molar-refractivity contribution in [2.24, 2.45) is 5.41 Å². The largest absolute Gasteiger partial charge is 0.508 e. The maximum atomic E-state index is 9.47. The summed E-state index contributed by atoms with van der Waals surface area (Å²) in [6.45, 7) is 5.55. The van der Waals surface area contributed by atoms with Crippen LogP contribution in [0.1, 0.15) is 51.1 Å². The van der Waals surface area contributed by atoms with E-state index in [1.54, 1.807) is 6.07 Å². The van der Waals surface area contributed by atoms with Crippen molar-refractivity contribution < 1.29 is 5.11 Å². The zero-order valence-corrected chi connectivity index (χ0v) is 10.9. The molecule has 1 atom stereocenters. The van der Waals surface area contributed by atoms with Gasteiger partial charge in [0.15, 0.2) is 0 Å². The first kappa shape index (κ1) is 12.4. The molecule has 1 aliphatic carbocycles. The first-order valence-electron chi connectivity index (χ1n) is 6.67. The normalized spacial score (nSPS) is 19.6. The van der Waals surface area contributed by atoms with Gasteiger partial charge in [-0.15, -0.1) is 0 Å². The van der Waals surface area contributed by atoms with E-state index in [9.17, 15) is 5.11 Å². The van der Waals surface area contributed by atoms with Gasteiger partial charge in [-0.25, -0.2) is 0 Å². The lowest BCUT2D eigenvalue weighted by molar-refractivity contribution is 0.120. The summed E-state index contributed by atoms with van der Waals surface area (Å²) in [6.07, 6.45) is 5.38. The molecule has 1 aromatic rings. The molecule has 2 rings (SSSR count). The second-order valence-corrected chi connectivity index (χ2v) is 5.40. The molecule has 94 valence electrons. The van der Waals surface area contributed by atoms with Crippen molar-refractivity contribution in [1.29, 1.82) is 0 Å². The zero-order chi connectivity index (χ0) is 12.3. The molecule has 0 aliphatic heterocycles. The first-order chi connectivity index (χ1) is 8.15. The number of phenols is 1. The molecule has 2 N–H and O–H groups in total. The quantitative estimate of drug-likeness (QED) is 0.814. The highest BCUT2D eigenvalue weighted by Crippen LogP contribution is 2.43. The van der Waals surface area contributed by atoms with Gasteiger partial charge in [-0.2, -0.15) is 0 Å². The van der Waals surface area contributed by atoms with Gasteiger partial charge in [0.2, 0.25) is 0 Å². The van der Waals surface area contributed by atoms with Crippen LogP contribution in [0.4, 0.5) is 0 Å². The SMILES string of the molecule is CCC1(CNC(C)c2cccc(O)c2)CCC1. The maximum Gasteiger partial charge on any atom is 0.115 e. The number of hydrogen-bond donors (Lipinski definition) is 2. The molecule has 2 nitrogen and oxygen atoms in total. The summed E-state index contributed by atoms with van der Waals surface area (Å²) in [6, 6.07) is 7.84. The highest BCUT2D eigenvalue weighted by atomic mass is 16.3. The van der Waals surface area contributed by atoms with Crippen LogP contribution in [0.25, 0.3) is 0 Å². The molecule has 17 heavy (non-hydrogen) atoms. The highest BCUT2D eigenvalue weighted by Gasteiger charge is 2.34. The van der Waals surface area contributed by atoms with Crippen LogP contribution in [0.5, 0.6) is 5.75 Å². The number of aromatic hydroxyl groups is 1. The average Bonchev–Trinajstić information content (AvgIpc) is 2.28. The van der Waals surface area contributed by atoms with E-state index < -0.39 is 0 Å². The fraction of sp³-hybridized carbons (Fsp3) is 0.600. The van der Waals surface area contributed by atoms with Crippen molar-refractivity contribution >= 4 is 0 Å². The zero-order valence-electron chi connectivity index (χ0n) is 10.9.